The zero-order valence-corrected chi connectivity index (χ0v) is 25.0. The van der Waals surface area contributed by atoms with Gasteiger partial charge < -0.3 is 5.11 Å². The van der Waals surface area contributed by atoms with Gasteiger partial charge in [-0.15, -0.1) is 0 Å². The number of thiol groups is 1. The van der Waals surface area contributed by atoms with Gasteiger partial charge in [-0.3, -0.25) is 0 Å². The first-order chi connectivity index (χ1) is 17.6. The molecule has 206 valence electrons. The van der Waals surface area contributed by atoms with E-state index in [0.29, 0.717) is 21.6 Å². The highest BCUT2D eigenvalue weighted by molar-refractivity contribution is 7.80. The molecule has 4 aliphatic carbocycles. The average Bonchev–Trinajstić information content (AvgIpc) is 3.22. The monoisotopic (exact) mass is 524 g/mol. The zero-order valence-electron chi connectivity index (χ0n) is 24.1. The lowest BCUT2D eigenvalue weighted by Gasteiger charge is -2.58. The maximum absolute atomic E-state index is 10.2. The second-order valence-electron chi connectivity index (χ2n) is 13.9. The number of benzene rings is 1. The molecule has 3 heteroatoms. The number of hydrogen-bond acceptors (Lipinski definition) is 2. The van der Waals surface area contributed by atoms with Crippen molar-refractivity contribution in [2.24, 2.45) is 46.3 Å². The van der Waals surface area contributed by atoms with Crippen LogP contribution >= 0.6 is 12.6 Å². The molecule has 2 nitrogen and oxygen atoms in total. The van der Waals surface area contributed by atoms with Gasteiger partial charge in [0.2, 0.25) is 0 Å². The molecule has 4 aliphatic rings. The van der Waals surface area contributed by atoms with Gasteiger partial charge in [-0.2, -0.15) is 12.6 Å². The SMILES string of the molecule is CC(C)CCC[C@@H](C)[C@H]1CC[C@H]2[C@@H]3CC=C4C[C@@H](S)CC[C@]4(C)[C@H]3CC[C@]12C.O=C(O)c1ccccc1. The summed E-state index contributed by atoms with van der Waals surface area (Å²) in [5.41, 5.74) is 3.25. The van der Waals surface area contributed by atoms with Crippen LogP contribution in [0.2, 0.25) is 0 Å². The molecule has 8 atom stereocenters. The summed E-state index contributed by atoms with van der Waals surface area (Å²) in [6.45, 7) is 12.7. The Hall–Kier alpha value is -1.22. The first-order valence-electron chi connectivity index (χ1n) is 15.2. The molecule has 1 aromatic carbocycles. The summed E-state index contributed by atoms with van der Waals surface area (Å²) in [5, 5.41) is 9.00. The van der Waals surface area contributed by atoms with Crippen molar-refractivity contribution in [2.45, 2.75) is 110 Å². The summed E-state index contributed by atoms with van der Waals surface area (Å²) in [6.07, 6.45) is 18.4. The lowest BCUT2D eigenvalue weighted by atomic mass is 9.47. The minimum absolute atomic E-state index is 0.331. The highest BCUT2D eigenvalue weighted by Crippen LogP contribution is 2.67. The van der Waals surface area contributed by atoms with Gasteiger partial charge in [-0.05, 0) is 110 Å². The van der Waals surface area contributed by atoms with E-state index in [1.807, 2.05) is 0 Å². The summed E-state index contributed by atoms with van der Waals surface area (Å²) in [6, 6.07) is 8.30. The number of carbonyl (C=O) groups is 1. The van der Waals surface area contributed by atoms with E-state index in [1.54, 1.807) is 35.9 Å². The molecule has 0 amide bonds. The standard InChI is InChI=1S/C27H46S.C7H6O2/c1-18(2)7-6-8-19(3)23-11-12-24-22-10-9-20-17-21(28)13-15-26(20,4)25(22)14-16-27(23,24)5;8-7(9)6-4-2-1-3-5-6/h9,18-19,21-25,28H,6-8,10-17H2,1-5H3;1-5H,(H,8,9)/t19-,21+,22+,23-,24+,25+,26+,27-;/m1./s1. The molecule has 37 heavy (non-hydrogen) atoms. The van der Waals surface area contributed by atoms with Gasteiger partial charge in [0.05, 0.1) is 5.56 Å². The van der Waals surface area contributed by atoms with E-state index in [-0.39, 0.29) is 0 Å². The van der Waals surface area contributed by atoms with Crippen LogP contribution in [-0.4, -0.2) is 16.3 Å². The quantitative estimate of drug-likeness (QED) is 0.287. The van der Waals surface area contributed by atoms with Gasteiger partial charge >= 0.3 is 5.97 Å². The van der Waals surface area contributed by atoms with Crippen LogP contribution in [0.3, 0.4) is 0 Å². The van der Waals surface area contributed by atoms with E-state index >= 15 is 0 Å². The highest BCUT2D eigenvalue weighted by atomic mass is 32.1. The number of hydrogen-bond donors (Lipinski definition) is 2. The van der Waals surface area contributed by atoms with Gasteiger partial charge in [0.25, 0.3) is 0 Å². The Labute approximate surface area is 232 Å². The van der Waals surface area contributed by atoms with Gasteiger partial charge in [-0.25, -0.2) is 4.79 Å². The summed E-state index contributed by atoms with van der Waals surface area (Å²) in [4.78, 5) is 10.2. The maximum Gasteiger partial charge on any atom is 0.335 e. The van der Waals surface area contributed by atoms with Crippen molar-refractivity contribution < 1.29 is 9.90 Å². The summed E-state index contributed by atoms with van der Waals surface area (Å²) in [5.74, 6) is 4.82. The van der Waals surface area contributed by atoms with E-state index in [4.69, 9.17) is 17.7 Å². The van der Waals surface area contributed by atoms with E-state index in [9.17, 15) is 4.79 Å². The smallest absolute Gasteiger partial charge is 0.335 e. The molecule has 0 heterocycles. The van der Waals surface area contributed by atoms with Crippen LogP contribution in [-0.2, 0) is 0 Å². The number of rotatable bonds is 6. The minimum Gasteiger partial charge on any atom is -0.478 e. The number of fused-ring (bicyclic) bond motifs is 5. The third-order valence-corrected chi connectivity index (χ3v) is 11.7. The minimum atomic E-state index is -0.879. The van der Waals surface area contributed by atoms with E-state index in [0.717, 1.165) is 35.5 Å². The molecular weight excluding hydrogens is 472 g/mol. The first kappa shape index (κ1) is 28.8. The fourth-order valence-corrected chi connectivity index (χ4v) is 9.57. The zero-order chi connectivity index (χ0) is 26.8. The normalized spacial score (nSPS) is 37.4. The van der Waals surface area contributed by atoms with Crippen LogP contribution in [0.15, 0.2) is 42.0 Å². The maximum atomic E-state index is 10.2. The van der Waals surface area contributed by atoms with Crippen LogP contribution in [0, 0.1) is 46.3 Å². The predicted octanol–water partition coefficient (Wildman–Crippen LogP) is 9.71. The van der Waals surface area contributed by atoms with Crippen molar-refractivity contribution in [3.63, 3.8) is 0 Å². The molecule has 3 fully saturated rings. The molecule has 1 N–H and O–H groups in total. The molecule has 3 saturated carbocycles. The summed E-state index contributed by atoms with van der Waals surface area (Å²) >= 11 is 4.84. The fourth-order valence-electron chi connectivity index (χ4n) is 9.25. The third-order valence-electron chi connectivity index (χ3n) is 11.3. The van der Waals surface area contributed by atoms with Crippen molar-refractivity contribution >= 4 is 18.6 Å². The van der Waals surface area contributed by atoms with Crippen molar-refractivity contribution in [3.8, 4) is 0 Å². The van der Waals surface area contributed by atoms with Crippen LogP contribution in [0.5, 0.6) is 0 Å². The molecule has 0 aliphatic heterocycles. The Morgan fingerprint density at radius 1 is 1.00 bits per heavy atom. The lowest BCUT2D eigenvalue weighted by molar-refractivity contribution is -0.0497. The largest absolute Gasteiger partial charge is 0.478 e. The van der Waals surface area contributed by atoms with Gasteiger partial charge in [0.1, 0.15) is 0 Å². The van der Waals surface area contributed by atoms with Crippen LogP contribution < -0.4 is 0 Å². The molecule has 0 unspecified atom stereocenters. The third kappa shape index (κ3) is 6.02. The second kappa shape index (κ2) is 11.9. The Kier molecular flexibility index (Phi) is 9.25. The molecule has 5 rings (SSSR count). The van der Waals surface area contributed by atoms with E-state index in [2.05, 4.69) is 40.7 Å². The number of allylic oxidation sites excluding steroid dienone is 2. The Balaban J connectivity index is 0.000000301. The molecular formula is C34H52O2S. The van der Waals surface area contributed by atoms with Gasteiger partial charge in [-0.1, -0.05) is 83.7 Å². The molecule has 0 bridgehead atoms. The van der Waals surface area contributed by atoms with Crippen LogP contribution in [0.4, 0.5) is 0 Å². The molecule has 0 saturated heterocycles. The van der Waals surface area contributed by atoms with Crippen molar-refractivity contribution in [2.75, 3.05) is 0 Å². The predicted molar refractivity (Wildman–Crippen MR) is 159 cm³/mol. The lowest BCUT2D eigenvalue weighted by Crippen LogP contribution is -2.50. The van der Waals surface area contributed by atoms with E-state index < -0.39 is 5.97 Å². The molecule has 0 radical (unpaired) electrons. The summed E-state index contributed by atoms with van der Waals surface area (Å²) in [7, 11) is 0. The molecule has 0 spiro atoms. The molecule has 0 aromatic heterocycles. The van der Waals surface area contributed by atoms with Crippen LogP contribution in [0.1, 0.15) is 116 Å². The van der Waals surface area contributed by atoms with Crippen molar-refractivity contribution in [1.82, 2.24) is 0 Å². The number of aromatic carboxylic acids is 1. The van der Waals surface area contributed by atoms with Crippen LogP contribution in [0.25, 0.3) is 0 Å². The Morgan fingerprint density at radius 3 is 2.38 bits per heavy atom. The number of carboxylic acid groups (broad SMARTS) is 1. The Bertz CT molecular complexity index is 938. The van der Waals surface area contributed by atoms with Crippen molar-refractivity contribution in [3.05, 3.63) is 47.5 Å². The fraction of sp³-hybridized carbons (Fsp3) is 0.735. The van der Waals surface area contributed by atoms with E-state index in [1.165, 1.54) is 70.6 Å². The van der Waals surface area contributed by atoms with Gasteiger partial charge in [0, 0.05) is 5.25 Å². The molecule has 1 aromatic rings. The first-order valence-corrected chi connectivity index (χ1v) is 15.7. The van der Waals surface area contributed by atoms with Gasteiger partial charge in [0.15, 0.2) is 0 Å². The number of carboxylic acids is 1. The highest BCUT2D eigenvalue weighted by Gasteiger charge is 2.58. The summed E-state index contributed by atoms with van der Waals surface area (Å²) < 4.78 is 0. The second-order valence-corrected chi connectivity index (χ2v) is 14.6. The Morgan fingerprint density at radius 2 is 1.73 bits per heavy atom. The van der Waals surface area contributed by atoms with Crippen molar-refractivity contribution in [1.29, 1.82) is 0 Å². The average molecular weight is 525 g/mol. The topological polar surface area (TPSA) is 37.3 Å².